The van der Waals surface area contributed by atoms with Crippen molar-refractivity contribution in [1.82, 2.24) is 9.88 Å². The van der Waals surface area contributed by atoms with E-state index in [2.05, 4.69) is 14.7 Å². The summed E-state index contributed by atoms with van der Waals surface area (Å²) in [5.41, 5.74) is 2.79. The number of furan rings is 1. The number of nitrogens with one attached hydrogen (secondary N) is 1. The first-order valence-corrected chi connectivity index (χ1v) is 15.6. The van der Waals surface area contributed by atoms with Crippen LogP contribution < -0.4 is 5.32 Å². The van der Waals surface area contributed by atoms with Gasteiger partial charge in [0.25, 0.3) is 11.8 Å². The van der Waals surface area contributed by atoms with Crippen LogP contribution in [0, 0.1) is 12.8 Å². The Morgan fingerprint density at radius 1 is 1.07 bits per heavy atom. The number of rotatable bonds is 10. The fraction of sp³-hybridized carbons (Fsp3) is 0.250. The number of aryl methyl sites for hydroxylation is 1. The average Bonchev–Trinajstić information content (AvgIpc) is 3.67. The molecule has 1 fully saturated rings. The van der Waals surface area contributed by atoms with Crippen LogP contribution in [0.1, 0.15) is 39.3 Å². The molecule has 2 aromatic heterocycles. The van der Waals surface area contributed by atoms with Crippen molar-refractivity contribution in [3.63, 3.8) is 0 Å². The summed E-state index contributed by atoms with van der Waals surface area (Å²) in [6, 6.07) is 19.2. The van der Waals surface area contributed by atoms with Crippen LogP contribution in [0.3, 0.4) is 0 Å². The van der Waals surface area contributed by atoms with Gasteiger partial charge in [0.2, 0.25) is 0 Å². The van der Waals surface area contributed by atoms with Crippen molar-refractivity contribution < 1.29 is 28.1 Å². The molecule has 5 rings (SSSR count). The van der Waals surface area contributed by atoms with Crippen LogP contribution in [0.15, 0.2) is 99.1 Å². The molecule has 1 aliphatic rings. The quantitative estimate of drug-likeness (QED) is 0.248. The fourth-order valence-electron chi connectivity index (χ4n) is 5.04. The molecule has 10 nitrogen and oxygen atoms in total. The van der Waals surface area contributed by atoms with Gasteiger partial charge in [0.15, 0.2) is 5.76 Å². The standard InChI is InChI=1S/C32H32N4O6S/c1-22-12-15-42-29(22)31(38)34-27-8-5-7-23(18-27)25-17-26(20-33-19-25)30(37)35-43(41,28-9-3-2-4-10-28)16-6-13-36-14-11-24(21-36)32(39)40/h2-5,7-10,12,15,17-20,24H,6,11,13-14,16,21H2,1H3,(H,34,38)(H,39,40)/t24?,43-/m0/s1. The lowest BCUT2D eigenvalue weighted by Crippen LogP contribution is -2.25. The summed E-state index contributed by atoms with van der Waals surface area (Å²) in [5.74, 6) is -1.82. The molecule has 3 heterocycles. The van der Waals surface area contributed by atoms with Gasteiger partial charge >= 0.3 is 5.97 Å². The van der Waals surface area contributed by atoms with Crippen molar-refractivity contribution in [2.75, 3.05) is 30.7 Å². The van der Waals surface area contributed by atoms with E-state index in [0.29, 0.717) is 54.2 Å². The second kappa shape index (κ2) is 13.1. The van der Waals surface area contributed by atoms with Crippen molar-refractivity contribution in [2.45, 2.75) is 24.7 Å². The zero-order valence-corrected chi connectivity index (χ0v) is 24.5. The Hall–Kier alpha value is -4.61. The Kier molecular flexibility index (Phi) is 9.13. The average molecular weight is 601 g/mol. The maximum Gasteiger partial charge on any atom is 0.307 e. The third-order valence-corrected chi connectivity index (χ3v) is 9.68. The molecule has 1 saturated heterocycles. The van der Waals surface area contributed by atoms with E-state index in [9.17, 15) is 23.7 Å². The first-order chi connectivity index (χ1) is 20.7. The van der Waals surface area contributed by atoms with Gasteiger partial charge in [0.05, 0.1) is 27.5 Å². The predicted octanol–water partition coefficient (Wildman–Crippen LogP) is 5.37. The number of amides is 2. The monoisotopic (exact) mass is 600 g/mol. The van der Waals surface area contributed by atoms with Crippen molar-refractivity contribution in [3.8, 4) is 11.1 Å². The predicted molar refractivity (Wildman–Crippen MR) is 162 cm³/mol. The first kappa shape index (κ1) is 29.9. The normalized spacial score (nSPS) is 16.3. The molecule has 0 saturated carbocycles. The summed E-state index contributed by atoms with van der Waals surface area (Å²) in [6.45, 7) is 3.49. The van der Waals surface area contributed by atoms with Crippen molar-refractivity contribution >= 4 is 33.2 Å². The molecule has 2 N–H and O–H groups in total. The van der Waals surface area contributed by atoms with Crippen molar-refractivity contribution in [1.29, 1.82) is 0 Å². The smallest absolute Gasteiger partial charge is 0.307 e. The number of hydrogen-bond acceptors (Lipinski definition) is 7. The Bertz CT molecular complexity index is 1760. The molecule has 0 bridgehead atoms. The minimum atomic E-state index is -3.11. The van der Waals surface area contributed by atoms with Crippen LogP contribution in [0.4, 0.5) is 5.69 Å². The maximum absolute atomic E-state index is 14.2. The molecule has 0 aliphatic carbocycles. The van der Waals surface area contributed by atoms with Gasteiger partial charge in [-0.3, -0.25) is 19.4 Å². The molecule has 4 aromatic rings. The number of benzene rings is 2. The summed E-state index contributed by atoms with van der Waals surface area (Å²) < 4.78 is 23.7. The van der Waals surface area contributed by atoms with Crippen LogP contribution in [-0.4, -0.2) is 62.4 Å². The molecule has 1 unspecified atom stereocenters. The van der Waals surface area contributed by atoms with Gasteiger partial charge in [-0.05, 0) is 74.8 Å². The van der Waals surface area contributed by atoms with E-state index in [1.165, 1.54) is 12.5 Å². The van der Waals surface area contributed by atoms with Gasteiger partial charge in [-0.25, -0.2) is 4.21 Å². The zero-order chi connectivity index (χ0) is 30.4. The summed E-state index contributed by atoms with van der Waals surface area (Å²) in [4.78, 5) is 44.0. The number of likely N-dealkylation sites (tertiary alicyclic amines) is 1. The highest BCUT2D eigenvalue weighted by atomic mass is 32.2. The van der Waals surface area contributed by atoms with Crippen molar-refractivity contribution in [2.24, 2.45) is 10.3 Å². The lowest BCUT2D eigenvalue weighted by molar-refractivity contribution is -0.141. The van der Waals surface area contributed by atoms with Gasteiger partial charge in [-0.1, -0.05) is 30.3 Å². The van der Waals surface area contributed by atoms with Crippen molar-refractivity contribution in [3.05, 3.63) is 102 Å². The number of carbonyl (C=O) groups excluding carboxylic acids is 2. The zero-order valence-electron chi connectivity index (χ0n) is 23.6. The van der Waals surface area contributed by atoms with Crippen LogP contribution in [0.2, 0.25) is 0 Å². The largest absolute Gasteiger partial charge is 0.481 e. The van der Waals surface area contributed by atoms with Crippen LogP contribution >= 0.6 is 0 Å². The fourth-order valence-corrected chi connectivity index (χ4v) is 6.95. The highest BCUT2D eigenvalue weighted by Crippen LogP contribution is 2.25. The maximum atomic E-state index is 14.2. The minimum absolute atomic E-state index is 0.154. The van der Waals surface area contributed by atoms with Crippen LogP contribution in [-0.2, 0) is 14.5 Å². The summed E-state index contributed by atoms with van der Waals surface area (Å²) in [7, 11) is -3.11. The number of hydrogen-bond donors (Lipinski definition) is 2. The summed E-state index contributed by atoms with van der Waals surface area (Å²) in [6.07, 6.45) is 5.53. The summed E-state index contributed by atoms with van der Waals surface area (Å²) in [5, 5.41) is 12.1. The molecule has 1 aliphatic heterocycles. The van der Waals surface area contributed by atoms with Gasteiger partial charge in [0, 0.05) is 46.4 Å². The molecule has 2 amide bonds. The molecule has 11 heteroatoms. The number of carboxylic acids is 1. The molecule has 0 radical (unpaired) electrons. The van der Waals surface area contributed by atoms with Crippen LogP contribution in [0.5, 0.6) is 0 Å². The first-order valence-electron chi connectivity index (χ1n) is 13.9. The van der Waals surface area contributed by atoms with E-state index in [0.717, 1.165) is 5.56 Å². The number of aliphatic carboxylic acids is 1. The van der Waals surface area contributed by atoms with E-state index in [-0.39, 0.29) is 28.9 Å². The summed E-state index contributed by atoms with van der Waals surface area (Å²) >= 11 is 0. The van der Waals surface area contributed by atoms with Gasteiger partial charge in [-0.15, -0.1) is 0 Å². The molecule has 0 spiro atoms. The third kappa shape index (κ3) is 7.25. The topological polar surface area (TPSA) is 142 Å². The lowest BCUT2D eigenvalue weighted by atomic mass is 10.1. The van der Waals surface area contributed by atoms with Gasteiger partial charge in [0.1, 0.15) is 0 Å². The van der Waals surface area contributed by atoms with E-state index < -0.39 is 21.6 Å². The number of carbonyl (C=O) groups is 3. The number of aromatic nitrogens is 1. The molecule has 2 aromatic carbocycles. The highest BCUT2D eigenvalue weighted by Gasteiger charge is 2.28. The molecular weight excluding hydrogens is 568 g/mol. The van der Waals surface area contributed by atoms with E-state index in [1.807, 2.05) is 11.0 Å². The number of anilines is 1. The van der Waals surface area contributed by atoms with Crippen LogP contribution in [0.25, 0.3) is 11.1 Å². The molecule has 2 atom stereocenters. The Morgan fingerprint density at radius 2 is 1.88 bits per heavy atom. The molecule has 43 heavy (non-hydrogen) atoms. The highest BCUT2D eigenvalue weighted by molar-refractivity contribution is 7.94. The Morgan fingerprint density at radius 3 is 2.60 bits per heavy atom. The Labute approximate surface area is 249 Å². The second-order valence-electron chi connectivity index (χ2n) is 10.5. The second-order valence-corrected chi connectivity index (χ2v) is 12.8. The number of nitrogens with zero attached hydrogens (tertiary/aromatic N) is 3. The number of carboxylic acid groups (broad SMARTS) is 1. The Balaban J connectivity index is 1.34. The molecule has 222 valence electrons. The van der Waals surface area contributed by atoms with E-state index in [1.54, 1.807) is 73.8 Å². The lowest BCUT2D eigenvalue weighted by Gasteiger charge is -2.16. The molecular formula is C32H32N4O6S. The van der Waals surface area contributed by atoms with E-state index in [4.69, 9.17) is 4.42 Å². The van der Waals surface area contributed by atoms with E-state index >= 15 is 0 Å². The van der Waals surface area contributed by atoms with Gasteiger partial charge in [-0.2, -0.15) is 4.36 Å². The third-order valence-electron chi connectivity index (χ3n) is 7.37. The SMILES string of the molecule is Cc1ccoc1C(=O)Nc1cccc(-c2cncc(C(=O)N=[S@](=O)(CCCN3CCC(C(=O)O)C3)c3ccccc3)c2)c1. The number of pyridine rings is 1. The minimum Gasteiger partial charge on any atom is -0.481 e. The van der Waals surface area contributed by atoms with Gasteiger partial charge < -0.3 is 19.7 Å².